The summed E-state index contributed by atoms with van der Waals surface area (Å²) in [7, 11) is 1.50. The highest BCUT2D eigenvalue weighted by molar-refractivity contribution is 5.94. The van der Waals surface area contributed by atoms with Crippen molar-refractivity contribution in [1.82, 2.24) is 24.1 Å². The van der Waals surface area contributed by atoms with Gasteiger partial charge in [0.2, 0.25) is 6.43 Å². The molecule has 5 rings (SSSR count). The second-order valence-corrected chi connectivity index (χ2v) is 8.76. The number of piperidine rings is 1. The molecule has 180 valence electrons. The second kappa shape index (κ2) is 9.13. The van der Waals surface area contributed by atoms with E-state index in [0.717, 1.165) is 36.5 Å². The van der Waals surface area contributed by atoms with Gasteiger partial charge in [0.25, 0.3) is 5.91 Å². The number of amides is 1. The van der Waals surface area contributed by atoms with Gasteiger partial charge < -0.3 is 14.5 Å². The lowest BCUT2D eigenvalue weighted by Crippen LogP contribution is -2.42. The van der Waals surface area contributed by atoms with Crippen molar-refractivity contribution in [3.8, 4) is 0 Å². The molecular weight excluding hydrogens is 446 g/mol. The average Bonchev–Trinajstić information content (AvgIpc) is 3.17. The molecule has 1 fully saturated rings. The van der Waals surface area contributed by atoms with Crippen molar-refractivity contribution in [2.75, 3.05) is 31.6 Å². The first-order valence-electron chi connectivity index (χ1n) is 11.4. The third-order valence-electron chi connectivity index (χ3n) is 6.51. The van der Waals surface area contributed by atoms with E-state index in [-0.39, 0.29) is 24.9 Å². The minimum absolute atomic E-state index is 0.0653. The van der Waals surface area contributed by atoms with Crippen LogP contribution in [0.2, 0.25) is 0 Å². The van der Waals surface area contributed by atoms with Gasteiger partial charge in [-0.15, -0.1) is 5.10 Å². The molecule has 1 saturated heterocycles. The highest BCUT2D eigenvalue weighted by atomic mass is 19.3. The van der Waals surface area contributed by atoms with Gasteiger partial charge in [0.1, 0.15) is 12.5 Å². The van der Waals surface area contributed by atoms with Crippen LogP contribution in [0.4, 0.5) is 20.3 Å². The van der Waals surface area contributed by atoms with Gasteiger partial charge in [-0.1, -0.05) is 0 Å². The first-order chi connectivity index (χ1) is 16.5. The number of likely N-dealkylation sites (tertiary alicyclic amines) is 1. The number of aromatic nitrogens is 4. The van der Waals surface area contributed by atoms with Gasteiger partial charge >= 0.3 is 5.69 Å². The maximum atomic E-state index is 13.2. The molecule has 0 bridgehead atoms. The van der Waals surface area contributed by atoms with Crippen molar-refractivity contribution >= 4 is 23.1 Å². The van der Waals surface area contributed by atoms with Crippen LogP contribution in [0.15, 0.2) is 35.4 Å². The number of rotatable bonds is 5. The number of nitrogens with zero attached hydrogens (tertiary/aromatic N) is 6. The number of fused-ring (bicyclic) bond motifs is 2. The van der Waals surface area contributed by atoms with Gasteiger partial charge in [-0.3, -0.25) is 9.20 Å². The van der Waals surface area contributed by atoms with Crippen LogP contribution in [-0.4, -0.2) is 63.1 Å². The number of hydrogen-bond acceptors (Lipinski definition) is 6. The van der Waals surface area contributed by atoms with Crippen LogP contribution in [0.25, 0.3) is 5.65 Å². The number of methoxy groups -OCH3 is 1. The molecular formula is C23H26F2N6O3. The molecule has 2 aliphatic rings. The first kappa shape index (κ1) is 22.5. The summed E-state index contributed by atoms with van der Waals surface area (Å²) in [6.07, 6.45) is 3.44. The number of aryl methyl sites for hydroxylation is 1. The molecule has 1 atom stereocenters. The molecule has 9 nitrogen and oxygen atoms in total. The van der Waals surface area contributed by atoms with Crippen LogP contribution in [-0.2, 0) is 17.9 Å². The summed E-state index contributed by atoms with van der Waals surface area (Å²) in [5, 5.41) is 4.31. The Labute approximate surface area is 194 Å². The predicted molar refractivity (Wildman–Crippen MR) is 121 cm³/mol. The molecule has 0 radical (unpaired) electrons. The van der Waals surface area contributed by atoms with Crippen molar-refractivity contribution in [2.45, 2.75) is 38.8 Å². The standard InChI is InChI=1S/C23H26F2N6O3/c1-34-14-31-23(33)30-9-6-18(11-19(30)27-31)29-8-3-4-15-10-17(12-26-21(15)29)22(32)28-7-2-5-16(13-28)20(24)25/h6,9-12,16,20H,2-5,7-8,13-14H2,1H3/t16-/m0/s1. The number of hydrogen-bond donors (Lipinski definition) is 0. The fraction of sp³-hybridized carbons (Fsp3) is 0.478. The van der Waals surface area contributed by atoms with Gasteiger partial charge in [0.15, 0.2) is 5.65 Å². The van der Waals surface area contributed by atoms with E-state index in [1.165, 1.54) is 27.3 Å². The van der Waals surface area contributed by atoms with E-state index in [9.17, 15) is 18.4 Å². The lowest BCUT2D eigenvalue weighted by Gasteiger charge is -2.33. The molecule has 3 aromatic rings. The van der Waals surface area contributed by atoms with Crippen molar-refractivity contribution in [2.24, 2.45) is 5.92 Å². The molecule has 34 heavy (non-hydrogen) atoms. The maximum Gasteiger partial charge on any atom is 0.352 e. The van der Waals surface area contributed by atoms with Crippen molar-refractivity contribution < 1.29 is 18.3 Å². The number of carbonyl (C=O) groups excluding carboxylic acids is 1. The quantitative estimate of drug-likeness (QED) is 0.568. The summed E-state index contributed by atoms with van der Waals surface area (Å²) in [4.78, 5) is 33.5. The Morgan fingerprint density at radius 2 is 2.12 bits per heavy atom. The van der Waals surface area contributed by atoms with Crippen LogP contribution in [0, 0.1) is 5.92 Å². The molecule has 0 saturated carbocycles. The second-order valence-electron chi connectivity index (χ2n) is 8.76. The number of pyridine rings is 2. The third kappa shape index (κ3) is 4.04. The largest absolute Gasteiger partial charge is 0.362 e. The zero-order valence-electron chi connectivity index (χ0n) is 18.9. The summed E-state index contributed by atoms with van der Waals surface area (Å²) in [6.45, 7) is 1.36. The fourth-order valence-electron chi connectivity index (χ4n) is 4.80. The summed E-state index contributed by atoms with van der Waals surface area (Å²) in [5.41, 5.74) is 2.41. The first-order valence-corrected chi connectivity index (χ1v) is 11.4. The molecule has 1 amide bonds. The Morgan fingerprint density at radius 1 is 1.26 bits per heavy atom. The Bertz CT molecular complexity index is 1270. The highest BCUT2D eigenvalue weighted by Gasteiger charge is 2.31. The topological polar surface area (TPSA) is 85.0 Å². The Kier molecular flexibility index (Phi) is 6.03. The number of carbonyl (C=O) groups is 1. The lowest BCUT2D eigenvalue weighted by molar-refractivity contribution is 0.0253. The minimum Gasteiger partial charge on any atom is -0.362 e. The Morgan fingerprint density at radius 3 is 2.91 bits per heavy atom. The summed E-state index contributed by atoms with van der Waals surface area (Å²) < 4.78 is 34.0. The Hall–Kier alpha value is -3.34. The smallest absolute Gasteiger partial charge is 0.352 e. The number of alkyl halides is 2. The van der Waals surface area contributed by atoms with Gasteiger partial charge in [-0.05, 0) is 43.4 Å². The molecule has 11 heteroatoms. The number of halogens is 2. The van der Waals surface area contributed by atoms with Gasteiger partial charge in [0, 0.05) is 56.8 Å². The van der Waals surface area contributed by atoms with Crippen LogP contribution in [0.5, 0.6) is 0 Å². The zero-order valence-corrected chi connectivity index (χ0v) is 18.9. The zero-order chi connectivity index (χ0) is 23.8. The van der Waals surface area contributed by atoms with Crippen molar-refractivity contribution in [3.05, 3.63) is 52.2 Å². The molecule has 3 aromatic heterocycles. The predicted octanol–water partition coefficient (Wildman–Crippen LogP) is 2.70. The van der Waals surface area contributed by atoms with E-state index >= 15 is 0 Å². The van der Waals surface area contributed by atoms with Crippen molar-refractivity contribution in [1.29, 1.82) is 0 Å². The van der Waals surface area contributed by atoms with Gasteiger partial charge in [0.05, 0.1) is 5.56 Å². The van der Waals surface area contributed by atoms with Crippen LogP contribution in [0.3, 0.4) is 0 Å². The summed E-state index contributed by atoms with van der Waals surface area (Å²) in [5.74, 6) is -0.272. The van der Waals surface area contributed by atoms with Gasteiger partial charge in [-0.2, -0.15) is 4.68 Å². The molecule has 2 aliphatic heterocycles. The summed E-state index contributed by atoms with van der Waals surface area (Å²) in [6, 6.07) is 5.49. The third-order valence-corrected chi connectivity index (χ3v) is 6.51. The van der Waals surface area contributed by atoms with Crippen LogP contribution >= 0.6 is 0 Å². The Balaban J connectivity index is 1.41. The van der Waals surface area contributed by atoms with E-state index in [1.807, 2.05) is 23.1 Å². The van der Waals surface area contributed by atoms with E-state index in [2.05, 4.69) is 10.1 Å². The number of ether oxygens (including phenoxy) is 1. The SMILES string of the molecule is COCn1nc2cc(N3CCCc4cc(C(=O)N5CCC[C@H](C(F)F)C5)cnc43)ccn2c1=O. The number of anilines is 2. The molecule has 0 unspecified atom stereocenters. The molecule has 0 aromatic carbocycles. The fourth-order valence-corrected chi connectivity index (χ4v) is 4.80. The molecule has 0 spiro atoms. The maximum absolute atomic E-state index is 13.2. The summed E-state index contributed by atoms with van der Waals surface area (Å²) >= 11 is 0. The lowest BCUT2D eigenvalue weighted by atomic mass is 9.97. The molecule has 5 heterocycles. The van der Waals surface area contributed by atoms with E-state index in [1.54, 1.807) is 6.20 Å². The monoisotopic (exact) mass is 472 g/mol. The van der Waals surface area contributed by atoms with E-state index in [4.69, 9.17) is 4.74 Å². The van der Waals surface area contributed by atoms with Crippen LogP contribution < -0.4 is 10.6 Å². The van der Waals surface area contributed by atoms with Crippen molar-refractivity contribution in [3.63, 3.8) is 0 Å². The molecule has 0 N–H and O–H groups in total. The average molecular weight is 472 g/mol. The minimum atomic E-state index is -2.42. The highest BCUT2D eigenvalue weighted by Crippen LogP contribution is 2.33. The van der Waals surface area contributed by atoms with Crippen LogP contribution in [0.1, 0.15) is 35.2 Å². The normalized spacial score (nSPS) is 18.5. The van der Waals surface area contributed by atoms with Gasteiger partial charge in [-0.25, -0.2) is 18.6 Å². The van der Waals surface area contributed by atoms with E-state index in [0.29, 0.717) is 30.6 Å². The molecule has 0 aliphatic carbocycles. The van der Waals surface area contributed by atoms with E-state index < -0.39 is 12.3 Å².